The maximum Gasteiger partial charge on any atom is 0.338 e. The van der Waals surface area contributed by atoms with E-state index in [0.717, 1.165) is 22.2 Å². The lowest BCUT2D eigenvalue weighted by Crippen LogP contribution is -2.11. The molecule has 0 aliphatic rings. The quantitative estimate of drug-likeness (QED) is 0.511. The average Bonchev–Trinajstić information content (AvgIpc) is 3.34. The fourth-order valence-electron chi connectivity index (χ4n) is 3.19. The van der Waals surface area contributed by atoms with Gasteiger partial charge in [-0.3, -0.25) is 0 Å². The number of aromatic nitrogens is 5. The highest BCUT2D eigenvalue weighted by atomic mass is 16.5. The Morgan fingerprint density at radius 3 is 2.63 bits per heavy atom. The zero-order valence-corrected chi connectivity index (χ0v) is 15.1. The van der Waals surface area contributed by atoms with Crippen LogP contribution in [-0.4, -0.2) is 37.1 Å². The van der Waals surface area contributed by atoms with Crippen molar-refractivity contribution >= 4 is 17.0 Å². The van der Waals surface area contributed by atoms with Gasteiger partial charge in [0.25, 0.3) is 0 Å². The van der Waals surface area contributed by atoms with Gasteiger partial charge in [0.05, 0.1) is 30.1 Å². The van der Waals surface area contributed by atoms with E-state index in [4.69, 9.17) is 4.74 Å². The van der Waals surface area contributed by atoms with Crippen LogP contribution in [0.15, 0.2) is 61.2 Å². The number of imidazole rings is 1. The third-order valence-electron chi connectivity index (χ3n) is 4.51. The molecule has 0 aliphatic heterocycles. The molecular formula is C20H19N5O2. The fourth-order valence-corrected chi connectivity index (χ4v) is 3.19. The second-order valence-electron chi connectivity index (χ2n) is 6.22. The van der Waals surface area contributed by atoms with Crippen molar-refractivity contribution < 1.29 is 9.53 Å². The Labute approximate surface area is 156 Å². The van der Waals surface area contributed by atoms with Crippen LogP contribution in [0, 0.1) is 0 Å². The molecule has 0 N–H and O–H groups in total. The number of esters is 1. The number of aryl methyl sites for hydroxylation is 1. The summed E-state index contributed by atoms with van der Waals surface area (Å²) in [6.45, 7) is 2.15. The Balaban J connectivity index is 1.77. The normalized spacial score (nSPS) is 12.2. The van der Waals surface area contributed by atoms with Crippen molar-refractivity contribution in [1.29, 1.82) is 0 Å². The molecule has 7 heteroatoms. The summed E-state index contributed by atoms with van der Waals surface area (Å²) in [5.74, 6) is -0.314. The van der Waals surface area contributed by atoms with E-state index in [1.807, 2.05) is 42.1 Å². The zero-order chi connectivity index (χ0) is 18.8. The smallest absolute Gasteiger partial charge is 0.338 e. The summed E-state index contributed by atoms with van der Waals surface area (Å²) >= 11 is 0. The van der Waals surface area contributed by atoms with Gasteiger partial charge in [0.2, 0.25) is 0 Å². The van der Waals surface area contributed by atoms with Gasteiger partial charge < -0.3 is 9.30 Å². The Bertz CT molecular complexity index is 1070. The lowest BCUT2D eigenvalue weighted by atomic mass is 9.97. The van der Waals surface area contributed by atoms with E-state index in [0.29, 0.717) is 12.2 Å². The Morgan fingerprint density at radius 2 is 1.93 bits per heavy atom. The van der Waals surface area contributed by atoms with E-state index in [2.05, 4.69) is 21.4 Å². The predicted octanol–water partition coefficient (Wildman–Crippen LogP) is 2.98. The number of ether oxygens (including phenoxy) is 1. The molecule has 1 unspecified atom stereocenters. The highest BCUT2D eigenvalue weighted by Gasteiger charge is 2.18. The molecule has 0 aliphatic carbocycles. The minimum absolute atomic E-state index is 0.0805. The predicted molar refractivity (Wildman–Crippen MR) is 100 cm³/mol. The van der Waals surface area contributed by atoms with E-state index in [1.54, 1.807) is 36.3 Å². The molecule has 0 spiro atoms. The molecule has 1 atom stereocenters. The standard InChI is InChI=1S/C20H19N5O2/c1-3-27-20(26)15-6-4-14(5-7-15)19(25-11-10-21-13-25)16-8-9-17-18(12-16)24(2)23-22-17/h4-13,19H,3H2,1-2H3. The molecule has 0 saturated heterocycles. The molecule has 4 aromatic rings. The van der Waals surface area contributed by atoms with Crippen LogP contribution in [0.2, 0.25) is 0 Å². The van der Waals surface area contributed by atoms with Gasteiger partial charge >= 0.3 is 5.97 Å². The van der Waals surface area contributed by atoms with Gasteiger partial charge in [-0.05, 0) is 42.3 Å². The Kier molecular flexibility index (Phi) is 4.42. The van der Waals surface area contributed by atoms with Gasteiger partial charge in [-0.25, -0.2) is 14.5 Å². The summed E-state index contributed by atoms with van der Waals surface area (Å²) in [5.41, 5.74) is 4.46. The van der Waals surface area contributed by atoms with Crippen LogP contribution in [0.3, 0.4) is 0 Å². The average molecular weight is 361 g/mol. The molecule has 2 aromatic heterocycles. The van der Waals surface area contributed by atoms with Crippen molar-refractivity contribution in [1.82, 2.24) is 24.5 Å². The number of rotatable bonds is 5. The van der Waals surface area contributed by atoms with E-state index < -0.39 is 0 Å². The van der Waals surface area contributed by atoms with Crippen LogP contribution in [0.25, 0.3) is 11.0 Å². The van der Waals surface area contributed by atoms with E-state index in [1.165, 1.54) is 0 Å². The minimum Gasteiger partial charge on any atom is -0.462 e. The Morgan fingerprint density at radius 1 is 1.15 bits per heavy atom. The largest absolute Gasteiger partial charge is 0.462 e. The summed E-state index contributed by atoms with van der Waals surface area (Å²) in [6.07, 6.45) is 5.47. The van der Waals surface area contributed by atoms with Crippen LogP contribution < -0.4 is 0 Å². The summed E-state index contributed by atoms with van der Waals surface area (Å²) < 4.78 is 8.86. The first-order chi connectivity index (χ1) is 13.2. The number of hydrogen-bond acceptors (Lipinski definition) is 5. The topological polar surface area (TPSA) is 74.8 Å². The number of benzene rings is 2. The maximum absolute atomic E-state index is 11.9. The molecule has 136 valence electrons. The van der Waals surface area contributed by atoms with Crippen LogP contribution in [0.5, 0.6) is 0 Å². The van der Waals surface area contributed by atoms with Gasteiger partial charge in [-0.2, -0.15) is 0 Å². The third kappa shape index (κ3) is 3.19. The van der Waals surface area contributed by atoms with Crippen LogP contribution in [0.4, 0.5) is 0 Å². The van der Waals surface area contributed by atoms with Gasteiger partial charge in [-0.15, -0.1) is 5.10 Å². The van der Waals surface area contributed by atoms with E-state index in [9.17, 15) is 4.79 Å². The van der Waals surface area contributed by atoms with Crippen molar-refractivity contribution in [3.8, 4) is 0 Å². The SMILES string of the molecule is CCOC(=O)c1ccc(C(c2ccc3nnn(C)c3c2)n2ccnc2)cc1. The summed E-state index contributed by atoms with van der Waals surface area (Å²) in [5, 5.41) is 8.22. The van der Waals surface area contributed by atoms with Gasteiger partial charge in [0, 0.05) is 19.4 Å². The molecule has 0 fully saturated rings. The second kappa shape index (κ2) is 7.03. The van der Waals surface area contributed by atoms with Crippen LogP contribution in [0.1, 0.15) is 34.5 Å². The van der Waals surface area contributed by atoms with E-state index >= 15 is 0 Å². The first-order valence-electron chi connectivity index (χ1n) is 8.71. The summed E-state index contributed by atoms with van der Waals surface area (Å²) in [4.78, 5) is 16.1. The van der Waals surface area contributed by atoms with Crippen molar-refractivity contribution in [3.63, 3.8) is 0 Å². The van der Waals surface area contributed by atoms with Gasteiger partial charge in [-0.1, -0.05) is 23.4 Å². The maximum atomic E-state index is 11.9. The van der Waals surface area contributed by atoms with Gasteiger partial charge in [0.1, 0.15) is 5.52 Å². The number of nitrogens with zero attached hydrogens (tertiary/aromatic N) is 5. The molecule has 0 radical (unpaired) electrons. The molecule has 2 aromatic carbocycles. The lowest BCUT2D eigenvalue weighted by Gasteiger charge is -2.20. The second-order valence-corrected chi connectivity index (χ2v) is 6.22. The molecule has 0 bridgehead atoms. The molecule has 4 rings (SSSR count). The first kappa shape index (κ1) is 17.0. The van der Waals surface area contributed by atoms with Gasteiger partial charge in [0.15, 0.2) is 0 Å². The minimum atomic E-state index is -0.314. The summed E-state index contributed by atoms with van der Waals surface area (Å²) in [7, 11) is 1.87. The monoisotopic (exact) mass is 361 g/mol. The number of hydrogen-bond donors (Lipinski definition) is 0. The molecule has 0 amide bonds. The lowest BCUT2D eigenvalue weighted by molar-refractivity contribution is 0.0526. The first-order valence-corrected chi connectivity index (χ1v) is 8.71. The van der Waals surface area contributed by atoms with Crippen molar-refractivity contribution in [2.45, 2.75) is 13.0 Å². The highest BCUT2D eigenvalue weighted by Crippen LogP contribution is 2.29. The van der Waals surface area contributed by atoms with Crippen molar-refractivity contribution in [2.75, 3.05) is 6.61 Å². The highest BCUT2D eigenvalue weighted by molar-refractivity contribution is 5.89. The summed E-state index contributed by atoms with van der Waals surface area (Å²) in [6, 6.07) is 13.5. The van der Waals surface area contributed by atoms with Crippen molar-refractivity contribution in [3.05, 3.63) is 77.9 Å². The van der Waals surface area contributed by atoms with E-state index in [-0.39, 0.29) is 12.0 Å². The van der Waals surface area contributed by atoms with Crippen molar-refractivity contribution in [2.24, 2.45) is 7.05 Å². The molecule has 27 heavy (non-hydrogen) atoms. The molecule has 7 nitrogen and oxygen atoms in total. The molecule has 0 saturated carbocycles. The molecular weight excluding hydrogens is 342 g/mol. The van der Waals surface area contributed by atoms with Crippen LogP contribution >= 0.6 is 0 Å². The fraction of sp³-hybridized carbons (Fsp3) is 0.200. The zero-order valence-electron chi connectivity index (χ0n) is 15.1. The third-order valence-corrected chi connectivity index (χ3v) is 4.51. The molecule has 2 heterocycles. The van der Waals surface area contributed by atoms with Crippen LogP contribution in [-0.2, 0) is 11.8 Å². The Hall–Kier alpha value is -3.48. The number of carbonyl (C=O) groups is 1. The number of carbonyl (C=O) groups excluding carboxylic acids is 1. The number of fused-ring (bicyclic) bond motifs is 1.